The molecule has 0 aliphatic heterocycles. The van der Waals surface area contributed by atoms with Crippen LogP contribution in [0.4, 0.5) is 11.5 Å². The van der Waals surface area contributed by atoms with Crippen LogP contribution in [0, 0.1) is 6.92 Å². The van der Waals surface area contributed by atoms with Crippen LogP contribution in [0.25, 0.3) is 0 Å². The van der Waals surface area contributed by atoms with Gasteiger partial charge in [-0.2, -0.15) is 0 Å². The Labute approximate surface area is 139 Å². The van der Waals surface area contributed by atoms with Crippen molar-refractivity contribution in [2.45, 2.75) is 19.9 Å². The fraction of sp³-hybridized carbons (Fsp3) is 0.167. The van der Waals surface area contributed by atoms with E-state index >= 15 is 0 Å². The number of anilines is 2. The highest BCUT2D eigenvalue weighted by molar-refractivity contribution is 5.93. The Morgan fingerprint density at radius 1 is 1.17 bits per heavy atom. The molecule has 3 rings (SSSR count). The number of nitrogens with one attached hydrogen (secondary N) is 2. The molecule has 1 unspecified atom stereocenters. The van der Waals surface area contributed by atoms with Gasteiger partial charge in [-0.25, -0.2) is 0 Å². The summed E-state index contributed by atoms with van der Waals surface area (Å²) in [5.74, 6) is 1.07. The molecular weight excluding hydrogens is 304 g/mol. The minimum absolute atomic E-state index is 0.102. The number of hydrogen-bond donors (Lipinski definition) is 2. The third kappa shape index (κ3) is 3.78. The molecule has 2 N–H and O–H groups in total. The number of aryl methyl sites for hydroxylation is 1. The molecule has 1 amide bonds. The minimum Gasteiger partial charge on any atom is -0.360 e. The number of pyridine rings is 1. The van der Waals surface area contributed by atoms with Gasteiger partial charge in [-0.3, -0.25) is 9.78 Å². The van der Waals surface area contributed by atoms with Gasteiger partial charge >= 0.3 is 0 Å². The first-order chi connectivity index (χ1) is 11.6. The Hall–Kier alpha value is -3.15. The van der Waals surface area contributed by atoms with Gasteiger partial charge in [0, 0.05) is 18.0 Å². The standard InChI is InChI=1S/C18H18N4O2/c1-12-10-17(22-24-12)21-15-8-9-19-16(11-15)18(23)20-13(2)14-6-4-3-5-7-14/h3-11,13H,1-2H3,(H,20,23)(H,19,21,22). The SMILES string of the molecule is Cc1cc(Nc2ccnc(C(=O)NC(C)c3ccccc3)c2)no1. The van der Waals surface area contributed by atoms with E-state index in [1.165, 1.54) is 0 Å². The van der Waals surface area contributed by atoms with Crippen molar-refractivity contribution in [1.82, 2.24) is 15.5 Å². The Morgan fingerprint density at radius 2 is 1.96 bits per heavy atom. The highest BCUT2D eigenvalue weighted by atomic mass is 16.5. The maximum Gasteiger partial charge on any atom is 0.270 e. The fourth-order valence-corrected chi connectivity index (χ4v) is 2.30. The summed E-state index contributed by atoms with van der Waals surface area (Å²) >= 11 is 0. The van der Waals surface area contributed by atoms with Crippen LogP contribution in [0.2, 0.25) is 0 Å². The van der Waals surface area contributed by atoms with Crippen molar-refractivity contribution < 1.29 is 9.32 Å². The number of rotatable bonds is 5. The van der Waals surface area contributed by atoms with Gasteiger partial charge < -0.3 is 15.2 Å². The second-order valence-electron chi connectivity index (χ2n) is 5.48. The molecule has 0 bridgehead atoms. The number of carbonyl (C=O) groups is 1. The predicted molar refractivity (Wildman–Crippen MR) is 91.1 cm³/mol. The first-order valence-corrected chi connectivity index (χ1v) is 7.64. The van der Waals surface area contributed by atoms with Gasteiger partial charge in [0.05, 0.1) is 6.04 Å². The van der Waals surface area contributed by atoms with Crippen molar-refractivity contribution in [2.75, 3.05) is 5.32 Å². The molecule has 0 aliphatic carbocycles. The van der Waals surface area contributed by atoms with E-state index in [1.54, 1.807) is 24.4 Å². The Kier molecular flexibility index (Phi) is 4.56. The van der Waals surface area contributed by atoms with Crippen LogP contribution in [-0.2, 0) is 0 Å². The lowest BCUT2D eigenvalue weighted by Crippen LogP contribution is -2.27. The van der Waals surface area contributed by atoms with Crippen LogP contribution in [0.5, 0.6) is 0 Å². The summed E-state index contributed by atoms with van der Waals surface area (Å²) in [4.78, 5) is 16.5. The zero-order chi connectivity index (χ0) is 16.9. The third-order valence-electron chi connectivity index (χ3n) is 3.54. The van der Waals surface area contributed by atoms with Crippen LogP contribution >= 0.6 is 0 Å². The lowest BCUT2D eigenvalue weighted by atomic mass is 10.1. The predicted octanol–water partition coefficient (Wildman–Crippen LogP) is 3.61. The van der Waals surface area contributed by atoms with Crippen molar-refractivity contribution in [3.8, 4) is 0 Å². The molecule has 1 atom stereocenters. The quantitative estimate of drug-likeness (QED) is 0.750. The van der Waals surface area contributed by atoms with Gasteiger partial charge in [0.25, 0.3) is 5.91 Å². The minimum atomic E-state index is -0.230. The molecule has 0 aliphatic rings. The zero-order valence-corrected chi connectivity index (χ0v) is 13.5. The molecule has 24 heavy (non-hydrogen) atoms. The van der Waals surface area contributed by atoms with E-state index in [0.717, 1.165) is 11.3 Å². The van der Waals surface area contributed by atoms with E-state index in [-0.39, 0.29) is 11.9 Å². The van der Waals surface area contributed by atoms with Gasteiger partial charge in [-0.05, 0) is 31.5 Å². The summed E-state index contributed by atoms with van der Waals surface area (Å²) in [7, 11) is 0. The summed E-state index contributed by atoms with van der Waals surface area (Å²) in [6, 6.07) is 14.9. The summed E-state index contributed by atoms with van der Waals surface area (Å²) in [6.45, 7) is 3.75. The maximum absolute atomic E-state index is 12.4. The molecule has 0 saturated heterocycles. The monoisotopic (exact) mass is 322 g/mol. The maximum atomic E-state index is 12.4. The van der Waals surface area contributed by atoms with E-state index in [9.17, 15) is 4.79 Å². The molecule has 6 heteroatoms. The van der Waals surface area contributed by atoms with Crippen LogP contribution in [-0.4, -0.2) is 16.0 Å². The van der Waals surface area contributed by atoms with Crippen LogP contribution in [0.15, 0.2) is 59.3 Å². The van der Waals surface area contributed by atoms with Gasteiger partial charge in [0.2, 0.25) is 0 Å². The Balaban J connectivity index is 1.70. The van der Waals surface area contributed by atoms with Crippen molar-refractivity contribution in [3.05, 3.63) is 71.7 Å². The first-order valence-electron chi connectivity index (χ1n) is 7.64. The average Bonchev–Trinajstić information content (AvgIpc) is 3.00. The highest BCUT2D eigenvalue weighted by Crippen LogP contribution is 2.17. The van der Waals surface area contributed by atoms with Crippen molar-refractivity contribution in [2.24, 2.45) is 0 Å². The van der Waals surface area contributed by atoms with Crippen molar-refractivity contribution in [1.29, 1.82) is 0 Å². The van der Waals surface area contributed by atoms with E-state index in [4.69, 9.17) is 4.52 Å². The third-order valence-corrected chi connectivity index (χ3v) is 3.54. The molecule has 0 radical (unpaired) electrons. The van der Waals surface area contributed by atoms with Gasteiger partial charge in [0.15, 0.2) is 5.82 Å². The molecular formula is C18H18N4O2. The number of nitrogens with zero attached hydrogens (tertiary/aromatic N) is 2. The van der Waals surface area contributed by atoms with Gasteiger partial charge in [-0.1, -0.05) is 35.5 Å². The van der Waals surface area contributed by atoms with E-state index in [2.05, 4.69) is 20.8 Å². The smallest absolute Gasteiger partial charge is 0.270 e. The van der Waals surface area contributed by atoms with Crippen molar-refractivity contribution in [3.63, 3.8) is 0 Å². The highest BCUT2D eigenvalue weighted by Gasteiger charge is 2.13. The second kappa shape index (κ2) is 6.95. The summed E-state index contributed by atoms with van der Waals surface area (Å²) in [5, 5.41) is 9.89. The number of carbonyl (C=O) groups excluding carboxylic acids is 1. The largest absolute Gasteiger partial charge is 0.360 e. The first kappa shape index (κ1) is 15.7. The Morgan fingerprint density at radius 3 is 2.67 bits per heavy atom. The normalized spacial score (nSPS) is 11.8. The molecule has 6 nitrogen and oxygen atoms in total. The van der Waals surface area contributed by atoms with Crippen LogP contribution < -0.4 is 10.6 Å². The number of amides is 1. The average molecular weight is 322 g/mol. The Bertz CT molecular complexity index is 830. The van der Waals surface area contributed by atoms with E-state index in [0.29, 0.717) is 17.3 Å². The molecule has 2 heterocycles. The van der Waals surface area contributed by atoms with Gasteiger partial charge in [-0.15, -0.1) is 0 Å². The topological polar surface area (TPSA) is 80.0 Å². The molecule has 2 aromatic heterocycles. The number of hydrogen-bond acceptors (Lipinski definition) is 5. The zero-order valence-electron chi connectivity index (χ0n) is 13.5. The van der Waals surface area contributed by atoms with Crippen LogP contribution in [0.3, 0.4) is 0 Å². The number of benzene rings is 1. The summed E-state index contributed by atoms with van der Waals surface area (Å²) in [6.07, 6.45) is 1.58. The van der Waals surface area contributed by atoms with E-state index in [1.807, 2.05) is 44.2 Å². The van der Waals surface area contributed by atoms with Gasteiger partial charge in [0.1, 0.15) is 11.5 Å². The lowest BCUT2D eigenvalue weighted by Gasteiger charge is -2.14. The van der Waals surface area contributed by atoms with E-state index < -0.39 is 0 Å². The molecule has 122 valence electrons. The lowest BCUT2D eigenvalue weighted by molar-refractivity contribution is 0.0935. The second-order valence-corrected chi connectivity index (χ2v) is 5.48. The molecule has 3 aromatic rings. The fourth-order valence-electron chi connectivity index (χ4n) is 2.30. The molecule has 0 fully saturated rings. The molecule has 0 spiro atoms. The van der Waals surface area contributed by atoms with Crippen molar-refractivity contribution >= 4 is 17.4 Å². The van der Waals surface area contributed by atoms with Crippen LogP contribution in [0.1, 0.15) is 34.8 Å². The summed E-state index contributed by atoms with van der Waals surface area (Å²) in [5.41, 5.74) is 2.09. The molecule has 1 aromatic carbocycles. The number of aromatic nitrogens is 2. The molecule has 0 saturated carbocycles. The summed E-state index contributed by atoms with van der Waals surface area (Å²) < 4.78 is 5.01.